The highest BCUT2D eigenvalue weighted by atomic mass is 19.1. The lowest BCUT2D eigenvalue weighted by Gasteiger charge is -2.25. The Morgan fingerprint density at radius 1 is 1.14 bits per heavy atom. The van der Waals surface area contributed by atoms with Crippen LogP contribution in [0.2, 0.25) is 0 Å². The molecule has 1 atom stereocenters. The fraction of sp³-hybridized carbons (Fsp3) is 0.273. The average molecular weight is 383 g/mol. The second kappa shape index (κ2) is 8.25. The van der Waals surface area contributed by atoms with Gasteiger partial charge in [-0.3, -0.25) is 9.59 Å². The molecule has 1 aliphatic heterocycles. The maximum atomic E-state index is 14.6. The summed E-state index contributed by atoms with van der Waals surface area (Å²) in [5, 5.41) is 10.9. The summed E-state index contributed by atoms with van der Waals surface area (Å²) in [5.74, 6) is -1.80. The van der Waals surface area contributed by atoms with Crippen molar-refractivity contribution in [1.29, 1.82) is 0 Å². The summed E-state index contributed by atoms with van der Waals surface area (Å²) in [7, 11) is 1.52. The number of aliphatic hydroxyl groups is 1. The van der Waals surface area contributed by atoms with Gasteiger partial charge in [-0.25, -0.2) is 4.39 Å². The Morgan fingerprint density at radius 3 is 2.43 bits per heavy atom. The smallest absolute Gasteiger partial charge is 0.295 e. The highest BCUT2D eigenvalue weighted by Gasteiger charge is 2.46. The van der Waals surface area contributed by atoms with E-state index in [2.05, 4.69) is 0 Å². The topological polar surface area (TPSA) is 66.8 Å². The molecule has 0 aliphatic carbocycles. The van der Waals surface area contributed by atoms with Gasteiger partial charge in [-0.1, -0.05) is 31.5 Å². The third-order valence-electron chi connectivity index (χ3n) is 4.86. The Kier molecular flexibility index (Phi) is 5.78. The van der Waals surface area contributed by atoms with E-state index < -0.39 is 23.5 Å². The van der Waals surface area contributed by atoms with Crippen LogP contribution in [0, 0.1) is 5.82 Å². The van der Waals surface area contributed by atoms with Gasteiger partial charge in [-0.05, 0) is 36.8 Å². The van der Waals surface area contributed by atoms with Gasteiger partial charge in [-0.15, -0.1) is 0 Å². The molecule has 6 heteroatoms. The van der Waals surface area contributed by atoms with Gasteiger partial charge in [0, 0.05) is 17.7 Å². The van der Waals surface area contributed by atoms with E-state index in [0.717, 1.165) is 6.42 Å². The van der Waals surface area contributed by atoms with Crippen LogP contribution >= 0.6 is 0 Å². The van der Waals surface area contributed by atoms with E-state index in [1.54, 1.807) is 36.4 Å². The largest absolute Gasteiger partial charge is 0.507 e. The van der Waals surface area contributed by atoms with Crippen molar-refractivity contribution in [2.45, 2.75) is 25.8 Å². The molecule has 2 aromatic rings. The molecule has 1 heterocycles. The second-order valence-electron chi connectivity index (χ2n) is 6.60. The first-order chi connectivity index (χ1) is 13.5. The fourth-order valence-electron chi connectivity index (χ4n) is 3.36. The number of rotatable bonds is 6. The number of likely N-dealkylation sites (tertiary alicyclic amines) is 1. The first-order valence-corrected chi connectivity index (χ1v) is 9.16. The lowest BCUT2D eigenvalue weighted by molar-refractivity contribution is -0.139. The van der Waals surface area contributed by atoms with Crippen LogP contribution in [-0.2, 0) is 9.59 Å². The lowest BCUT2D eigenvalue weighted by atomic mass is 9.95. The average Bonchev–Trinajstić information content (AvgIpc) is 2.96. The molecule has 2 aromatic carbocycles. The molecule has 28 heavy (non-hydrogen) atoms. The molecule has 5 nitrogen and oxygen atoms in total. The highest BCUT2D eigenvalue weighted by Crippen LogP contribution is 2.40. The number of carbonyl (C=O) groups excluding carboxylic acids is 2. The second-order valence-corrected chi connectivity index (χ2v) is 6.60. The molecule has 0 radical (unpaired) electrons. The zero-order chi connectivity index (χ0) is 20.3. The van der Waals surface area contributed by atoms with Crippen molar-refractivity contribution >= 4 is 17.4 Å². The molecule has 1 amide bonds. The predicted molar refractivity (Wildman–Crippen MR) is 103 cm³/mol. The van der Waals surface area contributed by atoms with Gasteiger partial charge < -0.3 is 14.7 Å². The molecule has 1 aliphatic rings. The molecule has 0 aromatic heterocycles. The number of amides is 1. The maximum Gasteiger partial charge on any atom is 0.295 e. The van der Waals surface area contributed by atoms with Crippen LogP contribution in [0.4, 0.5) is 4.39 Å². The van der Waals surface area contributed by atoms with Crippen LogP contribution in [0.1, 0.15) is 36.9 Å². The number of ether oxygens (including phenoxy) is 1. The normalized spacial score (nSPS) is 18.5. The number of benzene rings is 2. The van der Waals surface area contributed by atoms with Gasteiger partial charge in [0.1, 0.15) is 17.3 Å². The van der Waals surface area contributed by atoms with Gasteiger partial charge in [-0.2, -0.15) is 0 Å². The van der Waals surface area contributed by atoms with Gasteiger partial charge >= 0.3 is 0 Å². The number of hydrogen-bond acceptors (Lipinski definition) is 4. The van der Waals surface area contributed by atoms with Crippen LogP contribution in [0.15, 0.2) is 54.1 Å². The van der Waals surface area contributed by atoms with Crippen molar-refractivity contribution in [2.75, 3.05) is 13.7 Å². The molecule has 146 valence electrons. The van der Waals surface area contributed by atoms with Gasteiger partial charge in [0.25, 0.3) is 11.7 Å². The standard InChI is InChI=1S/C22H22FNO4/c1-3-4-13-24-19(16-7-5-6-8-17(16)23)18(21(26)22(24)27)20(25)14-9-11-15(28-2)12-10-14/h5-12,19,25H,3-4,13H2,1-2H3/b20-18-. The van der Waals surface area contributed by atoms with Gasteiger partial charge in [0.2, 0.25) is 0 Å². The molecular weight excluding hydrogens is 361 g/mol. The summed E-state index contributed by atoms with van der Waals surface area (Å²) in [6.07, 6.45) is 1.48. The summed E-state index contributed by atoms with van der Waals surface area (Å²) in [4.78, 5) is 26.7. The van der Waals surface area contributed by atoms with Crippen molar-refractivity contribution < 1.29 is 23.8 Å². The Hall–Kier alpha value is -3.15. The minimum absolute atomic E-state index is 0.101. The first-order valence-electron chi connectivity index (χ1n) is 9.16. The zero-order valence-electron chi connectivity index (χ0n) is 15.8. The van der Waals surface area contributed by atoms with Crippen molar-refractivity contribution in [3.05, 3.63) is 71.0 Å². The van der Waals surface area contributed by atoms with Gasteiger partial charge in [0.05, 0.1) is 18.7 Å². The number of ketones is 1. The Morgan fingerprint density at radius 2 is 1.82 bits per heavy atom. The predicted octanol–water partition coefficient (Wildman–Crippen LogP) is 4.06. The number of aliphatic hydroxyl groups excluding tert-OH is 1. The molecule has 0 saturated carbocycles. The van der Waals surface area contributed by atoms with Crippen LogP contribution < -0.4 is 4.74 Å². The van der Waals surface area contributed by atoms with E-state index in [-0.39, 0.29) is 16.9 Å². The minimum atomic E-state index is -0.963. The Bertz CT molecular complexity index is 920. The van der Waals surface area contributed by atoms with Crippen LogP contribution in [0.5, 0.6) is 5.75 Å². The number of hydrogen-bond donors (Lipinski definition) is 1. The first kappa shape index (κ1) is 19.6. The van der Waals surface area contributed by atoms with Gasteiger partial charge in [0.15, 0.2) is 0 Å². The third-order valence-corrected chi connectivity index (χ3v) is 4.86. The van der Waals surface area contributed by atoms with E-state index in [1.807, 2.05) is 6.92 Å². The fourth-order valence-corrected chi connectivity index (χ4v) is 3.36. The molecule has 1 fully saturated rings. The van der Waals surface area contributed by atoms with Crippen molar-refractivity contribution in [3.63, 3.8) is 0 Å². The molecular formula is C22H22FNO4. The van der Waals surface area contributed by atoms with Crippen molar-refractivity contribution in [2.24, 2.45) is 0 Å². The maximum absolute atomic E-state index is 14.6. The number of methoxy groups -OCH3 is 1. The minimum Gasteiger partial charge on any atom is -0.507 e. The van der Waals surface area contributed by atoms with E-state index in [0.29, 0.717) is 24.3 Å². The van der Waals surface area contributed by atoms with Crippen molar-refractivity contribution in [1.82, 2.24) is 4.90 Å². The summed E-state index contributed by atoms with van der Waals surface area (Å²) >= 11 is 0. The van der Waals surface area contributed by atoms with E-state index in [1.165, 1.54) is 24.1 Å². The lowest BCUT2D eigenvalue weighted by Crippen LogP contribution is -2.31. The SMILES string of the molecule is CCCCN1C(=O)C(=O)/C(=C(\O)c2ccc(OC)cc2)C1c1ccccc1F. The number of unbranched alkanes of at least 4 members (excludes halogenated alkanes) is 1. The Balaban J connectivity index is 2.16. The third kappa shape index (κ3) is 3.50. The molecule has 1 unspecified atom stereocenters. The van der Waals surface area contributed by atoms with E-state index in [9.17, 15) is 19.1 Å². The summed E-state index contributed by atoms with van der Waals surface area (Å²) in [5.41, 5.74) is 0.444. The molecule has 1 saturated heterocycles. The molecule has 3 rings (SSSR count). The van der Waals surface area contributed by atoms with Crippen LogP contribution in [0.25, 0.3) is 5.76 Å². The Labute approximate surface area is 163 Å². The monoisotopic (exact) mass is 383 g/mol. The number of carbonyl (C=O) groups is 2. The summed E-state index contributed by atoms with van der Waals surface area (Å²) in [6.45, 7) is 2.27. The summed E-state index contributed by atoms with van der Waals surface area (Å²) in [6, 6.07) is 11.5. The molecule has 1 N–H and O–H groups in total. The number of nitrogens with zero attached hydrogens (tertiary/aromatic N) is 1. The van der Waals surface area contributed by atoms with Crippen molar-refractivity contribution in [3.8, 4) is 5.75 Å². The summed E-state index contributed by atoms with van der Waals surface area (Å²) < 4.78 is 19.7. The molecule has 0 spiro atoms. The highest BCUT2D eigenvalue weighted by molar-refractivity contribution is 6.46. The number of Topliss-reactive ketones (excluding diaryl/α,β-unsaturated/α-hetero) is 1. The van der Waals surface area contributed by atoms with Crippen LogP contribution in [0.3, 0.4) is 0 Å². The quantitative estimate of drug-likeness (QED) is 0.464. The van der Waals surface area contributed by atoms with E-state index in [4.69, 9.17) is 4.74 Å². The van der Waals surface area contributed by atoms with E-state index >= 15 is 0 Å². The zero-order valence-corrected chi connectivity index (χ0v) is 15.8. The van der Waals surface area contributed by atoms with Crippen LogP contribution in [-0.4, -0.2) is 35.4 Å². The molecule has 0 bridgehead atoms. The number of halogens is 1.